The first-order chi connectivity index (χ1) is 10.4. The van der Waals surface area contributed by atoms with Crippen molar-refractivity contribution >= 4 is 29.3 Å². The molecule has 2 rings (SSSR count). The Balaban J connectivity index is 1.99. The summed E-state index contributed by atoms with van der Waals surface area (Å²) < 4.78 is 23.3. The molecule has 0 saturated heterocycles. The normalized spacial score (nSPS) is 11.8. The van der Waals surface area contributed by atoms with E-state index < -0.39 is 23.8 Å². The molecule has 0 aliphatic heterocycles. The first-order valence-corrected chi connectivity index (χ1v) is 6.65. The van der Waals surface area contributed by atoms with Crippen molar-refractivity contribution in [1.82, 2.24) is 5.16 Å². The first kappa shape index (κ1) is 16.0. The highest BCUT2D eigenvalue weighted by Gasteiger charge is 2.22. The van der Waals surface area contributed by atoms with E-state index in [1.54, 1.807) is 6.92 Å². The second kappa shape index (κ2) is 6.57. The molecule has 1 aromatic heterocycles. The molecule has 1 atom stereocenters. The highest BCUT2D eigenvalue weighted by Crippen LogP contribution is 2.16. The topological polar surface area (TPSA) is 81.4 Å². The van der Waals surface area contributed by atoms with Crippen molar-refractivity contribution in [2.75, 3.05) is 5.32 Å². The molecule has 1 N–H and O–H groups in total. The van der Waals surface area contributed by atoms with Gasteiger partial charge in [0.2, 0.25) is 0 Å². The largest absolute Gasteiger partial charge is 0.449 e. The number of hydrogen-bond donors (Lipinski definition) is 1. The lowest BCUT2D eigenvalue weighted by atomic mass is 10.2. The van der Waals surface area contributed by atoms with E-state index in [1.165, 1.54) is 25.1 Å². The molecule has 0 unspecified atom stereocenters. The van der Waals surface area contributed by atoms with E-state index >= 15 is 0 Å². The predicted octanol–water partition coefficient (Wildman–Crippen LogP) is 2.96. The average molecular weight is 327 g/mol. The minimum Gasteiger partial charge on any atom is -0.449 e. The van der Waals surface area contributed by atoms with Gasteiger partial charge in [0.05, 0.1) is 5.56 Å². The molecule has 116 valence electrons. The molecule has 0 aliphatic rings. The van der Waals surface area contributed by atoms with Gasteiger partial charge in [0.25, 0.3) is 5.91 Å². The minimum atomic E-state index is -1.14. The Morgan fingerprint density at radius 2 is 2.14 bits per heavy atom. The molecule has 1 aromatic carbocycles. The number of halogens is 2. The number of anilines is 1. The summed E-state index contributed by atoms with van der Waals surface area (Å²) in [6.45, 7) is 3.02. The fourth-order valence-electron chi connectivity index (χ4n) is 1.59. The second-order valence-electron chi connectivity index (χ2n) is 4.48. The summed E-state index contributed by atoms with van der Waals surface area (Å²) in [6, 6.07) is 5.03. The number of carbonyl (C=O) groups is 2. The van der Waals surface area contributed by atoms with Crippen molar-refractivity contribution < 1.29 is 23.2 Å². The third-order valence-electron chi connectivity index (χ3n) is 2.68. The van der Waals surface area contributed by atoms with Crippen LogP contribution in [0.5, 0.6) is 0 Å². The van der Waals surface area contributed by atoms with E-state index in [-0.39, 0.29) is 16.4 Å². The van der Waals surface area contributed by atoms with E-state index in [0.29, 0.717) is 5.76 Å². The molecule has 0 aliphatic carbocycles. The number of amides is 1. The summed E-state index contributed by atoms with van der Waals surface area (Å²) in [6.07, 6.45) is -1.14. The van der Waals surface area contributed by atoms with Crippen LogP contribution in [0.1, 0.15) is 23.0 Å². The molecule has 1 heterocycles. The quantitative estimate of drug-likeness (QED) is 0.873. The maximum Gasteiger partial charge on any atom is 0.341 e. The Labute approximate surface area is 130 Å². The Bertz CT molecular complexity index is 717. The molecular weight excluding hydrogens is 315 g/mol. The monoisotopic (exact) mass is 326 g/mol. The van der Waals surface area contributed by atoms with Crippen LogP contribution in [0.3, 0.4) is 0 Å². The average Bonchev–Trinajstić information content (AvgIpc) is 2.83. The lowest BCUT2D eigenvalue weighted by Crippen LogP contribution is -2.30. The van der Waals surface area contributed by atoms with Gasteiger partial charge in [-0.15, -0.1) is 0 Å². The van der Waals surface area contributed by atoms with Crippen LogP contribution in [0.15, 0.2) is 28.8 Å². The molecule has 0 radical (unpaired) electrons. The van der Waals surface area contributed by atoms with Crippen LogP contribution in [0.25, 0.3) is 0 Å². The van der Waals surface area contributed by atoms with Gasteiger partial charge in [-0.2, -0.15) is 0 Å². The van der Waals surface area contributed by atoms with E-state index in [4.69, 9.17) is 20.9 Å². The number of aromatic nitrogens is 1. The molecule has 8 heteroatoms. The van der Waals surface area contributed by atoms with E-state index in [0.717, 1.165) is 6.07 Å². The van der Waals surface area contributed by atoms with Gasteiger partial charge in [0.1, 0.15) is 11.6 Å². The zero-order valence-corrected chi connectivity index (χ0v) is 12.5. The van der Waals surface area contributed by atoms with E-state index in [2.05, 4.69) is 10.5 Å². The number of ether oxygens (including phenoxy) is 1. The number of rotatable bonds is 4. The fraction of sp³-hybridized carbons (Fsp3) is 0.214. The molecule has 1 amide bonds. The highest BCUT2D eigenvalue weighted by atomic mass is 35.5. The second-order valence-corrected chi connectivity index (χ2v) is 4.92. The molecule has 0 bridgehead atoms. The molecule has 0 saturated carbocycles. The summed E-state index contributed by atoms with van der Waals surface area (Å²) in [5, 5.41) is 6.14. The van der Waals surface area contributed by atoms with Crippen molar-refractivity contribution in [1.29, 1.82) is 0 Å². The number of nitrogens with zero attached hydrogens (tertiary/aromatic N) is 1. The molecule has 22 heavy (non-hydrogen) atoms. The van der Waals surface area contributed by atoms with Crippen LogP contribution in [-0.2, 0) is 9.53 Å². The van der Waals surface area contributed by atoms with Crippen LogP contribution < -0.4 is 5.32 Å². The Hall–Kier alpha value is -2.41. The van der Waals surface area contributed by atoms with Crippen LogP contribution in [0, 0.1) is 12.7 Å². The molecular formula is C14H12ClFN2O4. The first-order valence-electron chi connectivity index (χ1n) is 6.27. The number of hydrogen-bond acceptors (Lipinski definition) is 5. The summed E-state index contributed by atoms with van der Waals surface area (Å²) in [7, 11) is 0. The highest BCUT2D eigenvalue weighted by molar-refractivity contribution is 6.30. The Kier molecular flexibility index (Phi) is 4.77. The summed E-state index contributed by atoms with van der Waals surface area (Å²) in [4.78, 5) is 23.7. The molecule has 6 nitrogen and oxygen atoms in total. The number of nitrogens with one attached hydrogen (secondary N) is 1. The number of aryl methyl sites for hydroxylation is 1. The molecule has 2 aromatic rings. The SMILES string of the molecule is Cc1cc(NC(=O)[C@@H](C)OC(=O)c2ccc(Cl)cc2F)no1. The minimum absolute atomic E-state index is 0.154. The van der Waals surface area contributed by atoms with Gasteiger partial charge in [-0.25, -0.2) is 9.18 Å². The van der Waals surface area contributed by atoms with Gasteiger partial charge in [-0.3, -0.25) is 4.79 Å². The fourth-order valence-corrected chi connectivity index (χ4v) is 1.74. The summed E-state index contributed by atoms with van der Waals surface area (Å²) in [5.41, 5.74) is -0.304. The van der Waals surface area contributed by atoms with E-state index in [9.17, 15) is 14.0 Å². The van der Waals surface area contributed by atoms with Crippen LogP contribution >= 0.6 is 11.6 Å². The van der Waals surface area contributed by atoms with Gasteiger partial charge in [0, 0.05) is 11.1 Å². The van der Waals surface area contributed by atoms with Crippen LogP contribution in [-0.4, -0.2) is 23.1 Å². The number of benzene rings is 1. The zero-order valence-electron chi connectivity index (χ0n) is 11.7. The summed E-state index contributed by atoms with van der Waals surface area (Å²) >= 11 is 5.60. The van der Waals surface area contributed by atoms with Crippen molar-refractivity contribution in [3.8, 4) is 0 Å². The van der Waals surface area contributed by atoms with E-state index in [1.807, 2.05) is 0 Å². The maximum absolute atomic E-state index is 13.6. The van der Waals surface area contributed by atoms with Crippen molar-refractivity contribution in [3.63, 3.8) is 0 Å². The third kappa shape index (κ3) is 3.82. The lowest BCUT2D eigenvalue weighted by molar-refractivity contribution is -0.123. The predicted molar refractivity (Wildman–Crippen MR) is 76.2 cm³/mol. The van der Waals surface area contributed by atoms with Gasteiger partial charge in [-0.05, 0) is 32.0 Å². The Morgan fingerprint density at radius 1 is 1.41 bits per heavy atom. The lowest BCUT2D eigenvalue weighted by Gasteiger charge is -2.12. The zero-order chi connectivity index (χ0) is 16.3. The van der Waals surface area contributed by atoms with Crippen molar-refractivity contribution in [2.45, 2.75) is 20.0 Å². The van der Waals surface area contributed by atoms with Crippen molar-refractivity contribution in [3.05, 3.63) is 46.4 Å². The van der Waals surface area contributed by atoms with Gasteiger partial charge < -0.3 is 14.6 Å². The smallest absolute Gasteiger partial charge is 0.341 e. The third-order valence-corrected chi connectivity index (χ3v) is 2.92. The summed E-state index contributed by atoms with van der Waals surface area (Å²) in [5.74, 6) is -1.69. The van der Waals surface area contributed by atoms with Crippen LogP contribution in [0.2, 0.25) is 5.02 Å². The standard InChI is InChI=1S/C14H12ClFN2O4/c1-7-5-12(18-22-7)17-13(19)8(2)21-14(20)10-4-3-9(15)6-11(10)16/h3-6,8H,1-2H3,(H,17,18,19)/t8-/m1/s1. The number of esters is 1. The Morgan fingerprint density at radius 3 is 2.73 bits per heavy atom. The number of carbonyl (C=O) groups excluding carboxylic acids is 2. The van der Waals surface area contributed by atoms with Crippen LogP contribution in [0.4, 0.5) is 10.2 Å². The van der Waals surface area contributed by atoms with Gasteiger partial charge in [0.15, 0.2) is 11.9 Å². The maximum atomic E-state index is 13.6. The van der Waals surface area contributed by atoms with Gasteiger partial charge in [-0.1, -0.05) is 16.8 Å². The molecule has 0 fully saturated rings. The molecule has 0 spiro atoms. The van der Waals surface area contributed by atoms with Crippen molar-refractivity contribution in [2.24, 2.45) is 0 Å². The van der Waals surface area contributed by atoms with Gasteiger partial charge >= 0.3 is 5.97 Å².